The van der Waals surface area contributed by atoms with Crippen LogP contribution in [0.4, 0.5) is 0 Å². The number of para-hydroxylation sites is 2. The van der Waals surface area contributed by atoms with Crippen LogP contribution in [0.3, 0.4) is 0 Å². The summed E-state index contributed by atoms with van der Waals surface area (Å²) in [7, 11) is 0. The third-order valence-corrected chi connectivity index (χ3v) is 5.05. The molecular formula is C19H18Cl2N2O4. The summed E-state index contributed by atoms with van der Waals surface area (Å²) in [6, 6.07) is 12.0. The lowest BCUT2D eigenvalue weighted by Crippen LogP contribution is -2.54. The molecule has 1 heterocycles. The Bertz CT molecular complexity index is 886. The van der Waals surface area contributed by atoms with Crippen molar-refractivity contribution in [2.75, 3.05) is 6.61 Å². The number of fused-ring (bicyclic) bond motifs is 1. The first-order valence-corrected chi connectivity index (χ1v) is 8.99. The Hall–Kier alpha value is -2.44. The standard InChI is InChI=1S/C19H18Cl2N2O4/c1-19(2,11-7-8-12(20)13(21)9-11)18(25)23-22-17(24)16-10-26-14-5-3-4-6-15(14)27-16/h3-9,16H,10H2,1-2H3,(H,22,24)(H,23,25). The molecule has 2 aromatic rings. The van der Waals surface area contributed by atoms with Crippen molar-refractivity contribution in [1.82, 2.24) is 10.9 Å². The summed E-state index contributed by atoms with van der Waals surface area (Å²) in [6.45, 7) is 3.48. The molecule has 1 unspecified atom stereocenters. The van der Waals surface area contributed by atoms with Gasteiger partial charge in [0.05, 0.1) is 15.5 Å². The molecule has 0 bridgehead atoms. The van der Waals surface area contributed by atoms with Crippen LogP contribution in [-0.2, 0) is 15.0 Å². The second-order valence-corrected chi connectivity index (χ2v) is 7.38. The predicted octanol–water partition coefficient (Wildman–Crippen LogP) is 3.26. The average molecular weight is 409 g/mol. The maximum Gasteiger partial charge on any atom is 0.283 e. The summed E-state index contributed by atoms with van der Waals surface area (Å²) in [5.41, 5.74) is 4.52. The second kappa shape index (κ2) is 7.66. The second-order valence-electron chi connectivity index (χ2n) is 6.56. The molecular weight excluding hydrogens is 391 g/mol. The molecule has 1 aliphatic heterocycles. The highest BCUT2D eigenvalue weighted by molar-refractivity contribution is 6.42. The Balaban J connectivity index is 1.61. The van der Waals surface area contributed by atoms with Gasteiger partial charge in [-0.15, -0.1) is 0 Å². The number of benzene rings is 2. The number of hydrogen-bond acceptors (Lipinski definition) is 4. The third-order valence-electron chi connectivity index (χ3n) is 4.31. The molecule has 142 valence electrons. The number of hydrogen-bond donors (Lipinski definition) is 2. The highest BCUT2D eigenvalue weighted by atomic mass is 35.5. The topological polar surface area (TPSA) is 76.7 Å². The number of nitrogens with one attached hydrogen (secondary N) is 2. The van der Waals surface area contributed by atoms with E-state index in [2.05, 4.69) is 10.9 Å². The van der Waals surface area contributed by atoms with E-state index >= 15 is 0 Å². The molecule has 0 radical (unpaired) electrons. The molecule has 1 aliphatic rings. The predicted molar refractivity (Wildman–Crippen MR) is 102 cm³/mol. The van der Waals surface area contributed by atoms with Crippen molar-refractivity contribution in [1.29, 1.82) is 0 Å². The summed E-state index contributed by atoms with van der Waals surface area (Å²) < 4.78 is 11.1. The van der Waals surface area contributed by atoms with Crippen molar-refractivity contribution in [2.45, 2.75) is 25.4 Å². The van der Waals surface area contributed by atoms with Crippen molar-refractivity contribution in [3.63, 3.8) is 0 Å². The Morgan fingerprint density at radius 2 is 1.74 bits per heavy atom. The van der Waals surface area contributed by atoms with Crippen LogP contribution in [0.2, 0.25) is 10.0 Å². The van der Waals surface area contributed by atoms with Crippen LogP contribution in [0.25, 0.3) is 0 Å². The lowest BCUT2D eigenvalue weighted by atomic mass is 9.84. The first-order valence-electron chi connectivity index (χ1n) is 8.23. The Morgan fingerprint density at radius 1 is 1.04 bits per heavy atom. The van der Waals surface area contributed by atoms with E-state index in [1.165, 1.54) is 0 Å². The van der Waals surface area contributed by atoms with Crippen LogP contribution in [-0.4, -0.2) is 24.5 Å². The molecule has 8 heteroatoms. The molecule has 0 fully saturated rings. The molecule has 0 spiro atoms. The van der Waals surface area contributed by atoms with Gasteiger partial charge in [0, 0.05) is 0 Å². The van der Waals surface area contributed by atoms with E-state index in [1.807, 2.05) is 6.07 Å². The molecule has 1 atom stereocenters. The van der Waals surface area contributed by atoms with Crippen molar-refractivity contribution in [3.05, 3.63) is 58.1 Å². The van der Waals surface area contributed by atoms with E-state index in [9.17, 15) is 9.59 Å². The third kappa shape index (κ3) is 4.12. The average Bonchev–Trinajstić information content (AvgIpc) is 2.67. The first kappa shape index (κ1) is 19.3. The molecule has 27 heavy (non-hydrogen) atoms. The number of rotatable bonds is 3. The molecule has 0 saturated heterocycles. The fourth-order valence-electron chi connectivity index (χ4n) is 2.52. The van der Waals surface area contributed by atoms with E-state index < -0.39 is 23.3 Å². The fraction of sp³-hybridized carbons (Fsp3) is 0.263. The Kier molecular flexibility index (Phi) is 5.48. The van der Waals surface area contributed by atoms with E-state index in [0.29, 0.717) is 27.1 Å². The molecule has 2 amide bonds. The van der Waals surface area contributed by atoms with Gasteiger partial charge in [-0.05, 0) is 43.7 Å². The van der Waals surface area contributed by atoms with Crippen LogP contribution in [0.15, 0.2) is 42.5 Å². The monoisotopic (exact) mass is 408 g/mol. The molecule has 0 saturated carbocycles. The van der Waals surface area contributed by atoms with E-state index in [1.54, 1.807) is 50.2 Å². The molecule has 0 aliphatic carbocycles. The minimum Gasteiger partial charge on any atom is -0.485 e. The van der Waals surface area contributed by atoms with Gasteiger partial charge in [-0.3, -0.25) is 20.4 Å². The molecule has 3 rings (SSSR count). The fourth-order valence-corrected chi connectivity index (χ4v) is 2.82. The Morgan fingerprint density at radius 3 is 2.44 bits per heavy atom. The first-order chi connectivity index (χ1) is 12.8. The zero-order chi connectivity index (χ0) is 19.6. The summed E-state index contributed by atoms with van der Waals surface area (Å²) in [4.78, 5) is 24.9. The van der Waals surface area contributed by atoms with Gasteiger partial charge in [0.15, 0.2) is 11.5 Å². The van der Waals surface area contributed by atoms with Crippen LogP contribution in [0.5, 0.6) is 11.5 Å². The Labute approximate surface area is 166 Å². The van der Waals surface area contributed by atoms with Crippen LogP contribution in [0.1, 0.15) is 19.4 Å². The summed E-state index contributed by atoms with van der Waals surface area (Å²) in [6.07, 6.45) is -0.867. The largest absolute Gasteiger partial charge is 0.485 e. The minimum atomic E-state index is -0.946. The number of halogens is 2. The van der Waals surface area contributed by atoms with Gasteiger partial charge >= 0.3 is 0 Å². The lowest BCUT2D eigenvalue weighted by molar-refractivity contribution is -0.136. The highest BCUT2D eigenvalue weighted by Crippen LogP contribution is 2.31. The molecule has 6 nitrogen and oxygen atoms in total. The highest BCUT2D eigenvalue weighted by Gasteiger charge is 2.32. The number of carbonyl (C=O) groups excluding carboxylic acids is 2. The number of ether oxygens (including phenoxy) is 2. The van der Waals surface area contributed by atoms with E-state index in [0.717, 1.165) is 0 Å². The quantitative estimate of drug-likeness (QED) is 0.764. The van der Waals surface area contributed by atoms with Crippen molar-refractivity contribution >= 4 is 35.0 Å². The van der Waals surface area contributed by atoms with Gasteiger partial charge in [-0.1, -0.05) is 41.4 Å². The summed E-state index contributed by atoms with van der Waals surface area (Å²) >= 11 is 12.0. The number of carbonyl (C=O) groups is 2. The SMILES string of the molecule is CC(C)(C(=O)NNC(=O)C1COc2ccccc2O1)c1ccc(Cl)c(Cl)c1. The van der Waals surface area contributed by atoms with Crippen LogP contribution < -0.4 is 20.3 Å². The minimum absolute atomic E-state index is 0.0505. The maximum absolute atomic E-state index is 12.6. The molecule has 2 aromatic carbocycles. The van der Waals surface area contributed by atoms with Gasteiger partial charge in [0.2, 0.25) is 12.0 Å². The van der Waals surface area contributed by atoms with Crippen molar-refractivity contribution in [3.8, 4) is 11.5 Å². The van der Waals surface area contributed by atoms with Gasteiger partial charge < -0.3 is 9.47 Å². The number of hydrazine groups is 1. The van der Waals surface area contributed by atoms with Gasteiger partial charge in [-0.2, -0.15) is 0 Å². The summed E-state index contributed by atoms with van der Waals surface area (Å²) in [5, 5.41) is 0.755. The summed E-state index contributed by atoms with van der Waals surface area (Å²) in [5.74, 6) is 0.131. The van der Waals surface area contributed by atoms with E-state index in [4.69, 9.17) is 32.7 Å². The van der Waals surface area contributed by atoms with E-state index in [-0.39, 0.29) is 6.61 Å². The van der Waals surface area contributed by atoms with Crippen molar-refractivity contribution in [2.24, 2.45) is 0 Å². The van der Waals surface area contributed by atoms with Gasteiger partial charge in [-0.25, -0.2) is 0 Å². The maximum atomic E-state index is 12.6. The van der Waals surface area contributed by atoms with Crippen LogP contribution >= 0.6 is 23.2 Å². The molecule has 0 aromatic heterocycles. The van der Waals surface area contributed by atoms with Gasteiger partial charge in [0.25, 0.3) is 5.91 Å². The van der Waals surface area contributed by atoms with Crippen LogP contribution in [0, 0.1) is 0 Å². The normalized spacial score (nSPS) is 15.8. The van der Waals surface area contributed by atoms with Crippen molar-refractivity contribution < 1.29 is 19.1 Å². The zero-order valence-corrected chi connectivity index (χ0v) is 16.2. The zero-order valence-electron chi connectivity index (χ0n) is 14.7. The smallest absolute Gasteiger partial charge is 0.283 e. The number of amides is 2. The molecule has 2 N–H and O–H groups in total. The van der Waals surface area contributed by atoms with Gasteiger partial charge in [0.1, 0.15) is 6.61 Å². The lowest BCUT2D eigenvalue weighted by Gasteiger charge is -2.27.